The maximum Gasteiger partial charge on any atom is 0.328 e. The summed E-state index contributed by atoms with van der Waals surface area (Å²) in [5.41, 5.74) is 2.07. The summed E-state index contributed by atoms with van der Waals surface area (Å²) < 4.78 is 1.65. The Labute approximate surface area is 135 Å². The summed E-state index contributed by atoms with van der Waals surface area (Å²) in [4.78, 5) is 37.3. The lowest BCUT2D eigenvalue weighted by atomic mass is 10.2. The van der Waals surface area contributed by atoms with Crippen LogP contribution >= 0.6 is 11.3 Å². The third-order valence-electron chi connectivity index (χ3n) is 4.20. The average molecular weight is 329 g/mol. The van der Waals surface area contributed by atoms with E-state index in [4.69, 9.17) is 0 Å². The molecular formula is C15H15N5O2S. The molecule has 1 amide bonds. The van der Waals surface area contributed by atoms with E-state index >= 15 is 0 Å². The van der Waals surface area contributed by atoms with Gasteiger partial charge < -0.3 is 9.88 Å². The second kappa shape index (κ2) is 5.62. The number of amides is 1. The quantitative estimate of drug-likeness (QED) is 0.782. The van der Waals surface area contributed by atoms with Gasteiger partial charge in [-0.05, 0) is 28.8 Å². The van der Waals surface area contributed by atoms with Crippen molar-refractivity contribution >= 4 is 28.4 Å². The summed E-state index contributed by atoms with van der Waals surface area (Å²) >= 11 is 1.59. The molecule has 0 saturated carbocycles. The maximum absolute atomic E-state index is 12.4. The number of H-pyrrole nitrogens is 1. The van der Waals surface area contributed by atoms with Crippen molar-refractivity contribution in [2.24, 2.45) is 0 Å². The van der Waals surface area contributed by atoms with E-state index in [1.54, 1.807) is 22.1 Å². The fourth-order valence-corrected chi connectivity index (χ4v) is 3.74. The lowest BCUT2D eigenvalue weighted by Crippen LogP contribution is -2.31. The number of fused-ring (bicyclic) bond motifs is 1. The van der Waals surface area contributed by atoms with E-state index in [-0.39, 0.29) is 17.6 Å². The van der Waals surface area contributed by atoms with Gasteiger partial charge in [0.2, 0.25) is 5.91 Å². The Kier molecular flexibility index (Phi) is 3.45. The molecular weight excluding hydrogens is 314 g/mol. The summed E-state index contributed by atoms with van der Waals surface area (Å²) in [6.07, 6.45) is 4.20. The first-order chi connectivity index (χ1) is 11.2. The highest BCUT2D eigenvalue weighted by Gasteiger charge is 2.29. The van der Waals surface area contributed by atoms with Gasteiger partial charge in [-0.25, -0.2) is 14.8 Å². The molecule has 0 radical (unpaired) electrons. The molecule has 0 bridgehead atoms. The number of nitrogens with one attached hydrogen (secondary N) is 1. The van der Waals surface area contributed by atoms with Crippen molar-refractivity contribution in [3.05, 3.63) is 45.4 Å². The second-order valence-corrected chi connectivity index (χ2v) is 6.43. The van der Waals surface area contributed by atoms with E-state index in [2.05, 4.69) is 15.0 Å². The molecule has 4 rings (SSSR count). The second-order valence-electron chi connectivity index (χ2n) is 5.65. The van der Waals surface area contributed by atoms with Crippen molar-refractivity contribution in [2.45, 2.75) is 18.9 Å². The fourth-order valence-electron chi connectivity index (χ4n) is 3.07. The van der Waals surface area contributed by atoms with Gasteiger partial charge in [0, 0.05) is 13.1 Å². The molecule has 1 N–H and O–H groups in total. The summed E-state index contributed by atoms with van der Waals surface area (Å²) in [7, 11) is 0. The minimum absolute atomic E-state index is 0.0439. The molecule has 1 fully saturated rings. The predicted molar refractivity (Wildman–Crippen MR) is 86.4 cm³/mol. The molecule has 3 aromatic rings. The normalized spacial score (nSPS) is 17.9. The molecule has 23 heavy (non-hydrogen) atoms. The number of likely N-dealkylation sites (tertiary alicyclic amines) is 1. The van der Waals surface area contributed by atoms with Gasteiger partial charge in [-0.3, -0.25) is 9.36 Å². The summed E-state index contributed by atoms with van der Waals surface area (Å²) in [6.45, 7) is 1.21. The number of carbonyl (C=O) groups is 1. The van der Waals surface area contributed by atoms with E-state index < -0.39 is 0 Å². The van der Waals surface area contributed by atoms with Crippen LogP contribution in [0.5, 0.6) is 0 Å². The molecule has 7 nitrogen and oxygen atoms in total. The highest BCUT2D eigenvalue weighted by atomic mass is 32.1. The first-order valence-corrected chi connectivity index (χ1v) is 8.36. The molecule has 1 saturated heterocycles. The molecule has 0 spiro atoms. The predicted octanol–water partition coefficient (Wildman–Crippen LogP) is 1.20. The Balaban J connectivity index is 1.54. The smallest absolute Gasteiger partial charge is 0.328 e. The van der Waals surface area contributed by atoms with Crippen LogP contribution in [0.25, 0.3) is 11.2 Å². The van der Waals surface area contributed by atoms with Gasteiger partial charge >= 0.3 is 5.69 Å². The fraction of sp³-hybridized carbons (Fsp3) is 0.333. The third kappa shape index (κ3) is 2.55. The zero-order chi connectivity index (χ0) is 15.8. The van der Waals surface area contributed by atoms with E-state index in [1.165, 1.54) is 6.33 Å². The molecule has 1 atom stereocenters. The number of hydrogen-bond donors (Lipinski definition) is 1. The van der Waals surface area contributed by atoms with Crippen LogP contribution in [0.2, 0.25) is 0 Å². The summed E-state index contributed by atoms with van der Waals surface area (Å²) in [5.74, 6) is 0.105. The molecule has 0 unspecified atom stereocenters. The van der Waals surface area contributed by atoms with E-state index in [0.717, 1.165) is 12.0 Å². The number of aromatic amines is 1. The van der Waals surface area contributed by atoms with Crippen molar-refractivity contribution in [2.75, 3.05) is 13.1 Å². The number of hydrogen-bond acceptors (Lipinski definition) is 5. The number of carbonyl (C=O) groups excluding carboxylic acids is 1. The van der Waals surface area contributed by atoms with Crippen molar-refractivity contribution in [1.82, 2.24) is 24.4 Å². The van der Waals surface area contributed by atoms with Gasteiger partial charge in [-0.2, -0.15) is 11.3 Å². The van der Waals surface area contributed by atoms with Crippen LogP contribution in [0, 0.1) is 0 Å². The number of imidazole rings is 1. The Morgan fingerprint density at radius 3 is 3.22 bits per heavy atom. The first kappa shape index (κ1) is 14.1. The largest absolute Gasteiger partial charge is 0.340 e. The van der Waals surface area contributed by atoms with Gasteiger partial charge in [0.15, 0.2) is 5.65 Å². The number of nitrogens with zero attached hydrogens (tertiary/aromatic N) is 4. The Morgan fingerprint density at radius 2 is 2.39 bits per heavy atom. The number of aromatic nitrogens is 4. The van der Waals surface area contributed by atoms with Gasteiger partial charge in [-0.15, -0.1) is 0 Å². The monoisotopic (exact) mass is 329 g/mol. The van der Waals surface area contributed by atoms with Crippen LogP contribution in [0.1, 0.15) is 18.0 Å². The highest BCUT2D eigenvalue weighted by molar-refractivity contribution is 7.08. The molecule has 0 aliphatic carbocycles. The molecule has 3 aromatic heterocycles. The lowest BCUT2D eigenvalue weighted by Gasteiger charge is -2.16. The van der Waals surface area contributed by atoms with Crippen molar-refractivity contribution in [3.8, 4) is 0 Å². The molecule has 0 aromatic carbocycles. The number of rotatable bonds is 3. The minimum Gasteiger partial charge on any atom is -0.340 e. The Bertz CT molecular complexity index is 898. The van der Waals surface area contributed by atoms with Crippen LogP contribution in [0.3, 0.4) is 0 Å². The van der Waals surface area contributed by atoms with Gasteiger partial charge in [-0.1, -0.05) is 0 Å². The Hall–Kier alpha value is -2.48. The van der Waals surface area contributed by atoms with E-state index in [9.17, 15) is 9.59 Å². The molecule has 1 aliphatic heterocycles. The lowest BCUT2D eigenvalue weighted by molar-refractivity contribution is -0.129. The SMILES string of the molecule is O=C(Cc1ccsc1)N1CC[C@H](n2c(=O)[nH]c3cncnc32)C1. The van der Waals surface area contributed by atoms with Crippen molar-refractivity contribution < 1.29 is 4.79 Å². The van der Waals surface area contributed by atoms with E-state index in [1.807, 2.05) is 21.7 Å². The van der Waals surface area contributed by atoms with Crippen LogP contribution in [0.4, 0.5) is 0 Å². The zero-order valence-electron chi connectivity index (χ0n) is 12.3. The van der Waals surface area contributed by atoms with Gasteiger partial charge in [0.25, 0.3) is 0 Å². The molecule has 118 valence electrons. The van der Waals surface area contributed by atoms with Gasteiger partial charge in [0.05, 0.1) is 18.7 Å². The summed E-state index contributed by atoms with van der Waals surface area (Å²) in [6, 6.07) is 1.93. The van der Waals surface area contributed by atoms with Gasteiger partial charge in [0.1, 0.15) is 11.8 Å². The van der Waals surface area contributed by atoms with Crippen LogP contribution in [0.15, 0.2) is 34.1 Å². The summed E-state index contributed by atoms with van der Waals surface area (Å²) in [5, 5.41) is 3.97. The molecule has 8 heteroatoms. The highest BCUT2D eigenvalue weighted by Crippen LogP contribution is 2.23. The van der Waals surface area contributed by atoms with Crippen LogP contribution in [-0.4, -0.2) is 43.4 Å². The average Bonchev–Trinajstić information content (AvgIpc) is 3.25. The first-order valence-electron chi connectivity index (χ1n) is 7.41. The zero-order valence-corrected chi connectivity index (χ0v) is 13.1. The van der Waals surface area contributed by atoms with Crippen LogP contribution < -0.4 is 5.69 Å². The molecule has 4 heterocycles. The number of thiophene rings is 1. The third-order valence-corrected chi connectivity index (χ3v) is 4.93. The topological polar surface area (TPSA) is 83.9 Å². The Morgan fingerprint density at radius 1 is 1.48 bits per heavy atom. The standard InChI is InChI=1S/C15H15N5O2S/c21-13(5-10-2-4-23-8-10)19-3-1-11(7-19)20-14-12(18-15(20)22)6-16-9-17-14/h2,4,6,8-9,11H,1,3,5,7H2,(H,18,22)/t11-/m0/s1. The van der Waals surface area contributed by atoms with E-state index in [0.29, 0.717) is 30.7 Å². The van der Waals surface area contributed by atoms with Crippen molar-refractivity contribution in [1.29, 1.82) is 0 Å². The minimum atomic E-state index is -0.197. The van der Waals surface area contributed by atoms with Crippen LogP contribution in [-0.2, 0) is 11.2 Å². The maximum atomic E-state index is 12.4. The molecule has 1 aliphatic rings. The van der Waals surface area contributed by atoms with Crippen molar-refractivity contribution in [3.63, 3.8) is 0 Å².